The minimum Gasteiger partial charge on any atom is -0.412 e. The third-order valence-corrected chi connectivity index (χ3v) is 2.71. The maximum Gasteiger partial charge on any atom is 0.451 e. The largest absolute Gasteiger partial charge is 0.451 e. The van der Waals surface area contributed by atoms with Crippen molar-refractivity contribution in [3.05, 3.63) is 18.0 Å². The monoisotopic (exact) mass is 262 g/mol. The number of benzene rings is 1. The molecule has 2 heterocycles. The third kappa shape index (κ3) is 1.72. The standard InChI is InChI=1S/C8H3F3N4S.H2O/c9-8(10,11)7-12-3-1-2-4-6(5(3)13-7)15-16-14-4;/h1-2,14H;1H2. The molecule has 2 aromatic heterocycles. The van der Waals surface area contributed by atoms with Crippen molar-refractivity contribution in [2.45, 2.75) is 6.18 Å². The van der Waals surface area contributed by atoms with Gasteiger partial charge in [-0.05, 0) is 12.1 Å². The van der Waals surface area contributed by atoms with E-state index in [4.69, 9.17) is 0 Å². The second-order valence-corrected chi connectivity index (χ2v) is 3.73. The van der Waals surface area contributed by atoms with Crippen molar-refractivity contribution in [2.24, 2.45) is 0 Å². The van der Waals surface area contributed by atoms with E-state index >= 15 is 0 Å². The van der Waals surface area contributed by atoms with Crippen molar-refractivity contribution < 1.29 is 18.6 Å². The van der Waals surface area contributed by atoms with Crippen molar-refractivity contribution >= 4 is 33.8 Å². The zero-order chi connectivity index (χ0) is 11.3. The van der Waals surface area contributed by atoms with Crippen LogP contribution in [-0.4, -0.2) is 24.2 Å². The van der Waals surface area contributed by atoms with Crippen molar-refractivity contribution in [1.29, 1.82) is 0 Å². The zero-order valence-electron chi connectivity index (χ0n) is 8.04. The average molecular weight is 262 g/mol. The first-order valence-electron chi connectivity index (χ1n) is 4.23. The van der Waals surface area contributed by atoms with E-state index in [-0.39, 0.29) is 16.5 Å². The maximum atomic E-state index is 12.4. The summed E-state index contributed by atoms with van der Waals surface area (Å²) >= 11 is 1.06. The van der Waals surface area contributed by atoms with E-state index in [9.17, 15) is 13.2 Å². The number of hydrogen-bond donors (Lipinski definition) is 1. The molecule has 0 aliphatic carbocycles. The molecular formula is C8H5F3N4OS. The second kappa shape index (κ2) is 3.64. The summed E-state index contributed by atoms with van der Waals surface area (Å²) in [6.45, 7) is 0. The molecule has 5 nitrogen and oxygen atoms in total. The summed E-state index contributed by atoms with van der Waals surface area (Å²) in [5.41, 5.74) is 1.47. The van der Waals surface area contributed by atoms with Crippen LogP contribution in [0, 0.1) is 0 Å². The lowest BCUT2D eigenvalue weighted by Gasteiger charge is -1.97. The Hall–Kier alpha value is -1.74. The minimum absolute atomic E-state index is 0. The molecule has 0 amide bonds. The Balaban J connectivity index is 0.00000108. The highest BCUT2D eigenvalue weighted by Gasteiger charge is 2.36. The molecule has 17 heavy (non-hydrogen) atoms. The van der Waals surface area contributed by atoms with E-state index < -0.39 is 12.0 Å². The Morgan fingerprint density at radius 2 is 1.88 bits per heavy atom. The van der Waals surface area contributed by atoms with E-state index in [1.165, 1.54) is 6.07 Å². The summed E-state index contributed by atoms with van der Waals surface area (Å²) in [6.07, 6.45) is -4.52. The number of halogens is 3. The molecular weight excluding hydrogens is 257 g/mol. The minimum atomic E-state index is -4.52. The normalized spacial score (nSPS) is 11.9. The molecule has 90 valence electrons. The number of nitrogens with zero attached hydrogens (tertiary/aromatic N) is 3. The van der Waals surface area contributed by atoms with Crippen LogP contribution in [0.15, 0.2) is 12.1 Å². The Labute approximate surface area is 95.9 Å². The fourth-order valence-corrected chi connectivity index (χ4v) is 2.02. The first kappa shape index (κ1) is 11.7. The van der Waals surface area contributed by atoms with Gasteiger partial charge in [0.1, 0.15) is 11.0 Å². The summed E-state index contributed by atoms with van der Waals surface area (Å²) in [5.74, 6) is -1.12. The van der Waals surface area contributed by atoms with Crippen LogP contribution in [0.4, 0.5) is 13.2 Å². The Bertz CT molecular complexity index is 674. The van der Waals surface area contributed by atoms with Gasteiger partial charge in [-0.1, -0.05) is 0 Å². The molecule has 0 saturated carbocycles. The van der Waals surface area contributed by atoms with Crippen LogP contribution in [0.3, 0.4) is 0 Å². The molecule has 0 aliphatic heterocycles. The highest BCUT2D eigenvalue weighted by Crippen LogP contribution is 2.30. The number of H-pyrrole nitrogens is 1. The smallest absolute Gasteiger partial charge is 0.412 e. The van der Waals surface area contributed by atoms with Crippen LogP contribution in [-0.2, 0) is 6.18 Å². The third-order valence-electron chi connectivity index (χ3n) is 2.12. The van der Waals surface area contributed by atoms with Crippen LogP contribution in [0.5, 0.6) is 0 Å². The highest BCUT2D eigenvalue weighted by atomic mass is 32.1. The Morgan fingerprint density at radius 1 is 1.12 bits per heavy atom. The molecule has 3 rings (SSSR count). The number of imidazole rings is 1. The van der Waals surface area contributed by atoms with Gasteiger partial charge in [-0.15, -0.1) is 0 Å². The molecule has 0 atom stereocenters. The van der Waals surface area contributed by atoms with Gasteiger partial charge in [0, 0.05) is 11.7 Å². The summed E-state index contributed by atoms with van der Waals surface area (Å²) in [5, 5.41) is 0. The first-order valence-corrected chi connectivity index (χ1v) is 5.01. The number of alkyl halides is 3. The summed E-state index contributed by atoms with van der Waals surface area (Å²) in [4.78, 5) is 6.90. The Kier molecular flexibility index (Phi) is 2.51. The molecule has 3 aromatic rings. The number of nitrogens with one attached hydrogen (secondary N) is 1. The van der Waals surface area contributed by atoms with Gasteiger partial charge >= 0.3 is 6.18 Å². The SMILES string of the molecule is FC(F)(F)c1nc2ccc3[nH]snc3c2n1.O. The van der Waals surface area contributed by atoms with E-state index in [0.717, 1.165) is 11.7 Å². The van der Waals surface area contributed by atoms with Crippen LogP contribution in [0.1, 0.15) is 5.82 Å². The quantitative estimate of drug-likeness (QED) is 0.669. The van der Waals surface area contributed by atoms with Crippen molar-refractivity contribution in [3.8, 4) is 0 Å². The van der Waals surface area contributed by atoms with Gasteiger partial charge in [-0.25, -0.2) is 9.97 Å². The van der Waals surface area contributed by atoms with Crippen molar-refractivity contribution in [3.63, 3.8) is 0 Å². The molecule has 0 saturated heterocycles. The fourth-order valence-electron chi connectivity index (χ4n) is 1.43. The number of aromatic nitrogens is 4. The van der Waals surface area contributed by atoms with Crippen molar-refractivity contribution in [2.75, 3.05) is 0 Å². The molecule has 0 fully saturated rings. The van der Waals surface area contributed by atoms with E-state index in [2.05, 4.69) is 18.7 Å². The molecule has 1 aromatic carbocycles. The van der Waals surface area contributed by atoms with Gasteiger partial charge < -0.3 is 5.48 Å². The first-order chi connectivity index (χ1) is 7.55. The predicted molar refractivity (Wildman–Crippen MR) is 55.7 cm³/mol. The molecule has 0 unspecified atom stereocenters. The molecule has 0 bridgehead atoms. The summed E-state index contributed by atoms with van der Waals surface area (Å²) in [6, 6.07) is 3.13. The summed E-state index contributed by atoms with van der Waals surface area (Å²) in [7, 11) is 0. The van der Waals surface area contributed by atoms with Gasteiger partial charge in [0.25, 0.3) is 0 Å². The van der Waals surface area contributed by atoms with Crippen LogP contribution < -0.4 is 0 Å². The highest BCUT2D eigenvalue weighted by molar-refractivity contribution is 7.00. The van der Waals surface area contributed by atoms with E-state index in [1.54, 1.807) is 6.07 Å². The number of hydrogen-bond acceptors (Lipinski definition) is 4. The lowest BCUT2D eigenvalue weighted by molar-refractivity contribution is -0.144. The lowest BCUT2D eigenvalue weighted by atomic mass is 10.3. The van der Waals surface area contributed by atoms with Gasteiger partial charge in [0.2, 0.25) is 5.82 Å². The van der Waals surface area contributed by atoms with Gasteiger partial charge in [-0.3, -0.25) is 4.37 Å². The topological polar surface area (TPSA) is 86.0 Å². The van der Waals surface area contributed by atoms with Crippen molar-refractivity contribution in [1.82, 2.24) is 18.7 Å². The number of fused-ring (bicyclic) bond motifs is 3. The van der Waals surface area contributed by atoms with E-state index in [0.29, 0.717) is 11.0 Å². The Morgan fingerprint density at radius 3 is 2.59 bits per heavy atom. The van der Waals surface area contributed by atoms with Gasteiger partial charge in [0.15, 0.2) is 0 Å². The second-order valence-electron chi connectivity index (χ2n) is 3.16. The average Bonchev–Trinajstić information content (AvgIpc) is 2.81. The fraction of sp³-hybridized carbons (Fsp3) is 0.125. The molecule has 3 N–H and O–H groups in total. The molecule has 0 aliphatic rings. The van der Waals surface area contributed by atoms with Crippen LogP contribution in [0.2, 0.25) is 0 Å². The molecule has 0 radical (unpaired) electrons. The predicted octanol–water partition coefficient (Wildman–Crippen LogP) is 1.76. The maximum absolute atomic E-state index is 12.4. The molecule has 0 spiro atoms. The molecule has 9 heteroatoms. The zero-order valence-corrected chi connectivity index (χ0v) is 8.85. The van der Waals surface area contributed by atoms with Gasteiger partial charge in [-0.2, -0.15) is 17.5 Å². The summed E-state index contributed by atoms with van der Waals surface area (Å²) < 4.78 is 44.0. The number of aromatic amines is 1. The van der Waals surface area contributed by atoms with Crippen LogP contribution in [0.25, 0.3) is 22.1 Å². The number of rotatable bonds is 0. The lowest BCUT2D eigenvalue weighted by Crippen LogP contribution is -2.06. The van der Waals surface area contributed by atoms with E-state index in [1.807, 2.05) is 0 Å². The van der Waals surface area contributed by atoms with Gasteiger partial charge in [0.05, 0.1) is 11.0 Å². The van der Waals surface area contributed by atoms with Crippen LogP contribution >= 0.6 is 11.7 Å².